The van der Waals surface area contributed by atoms with E-state index in [9.17, 15) is 4.39 Å². The molecule has 1 fully saturated rings. The van der Waals surface area contributed by atoms with E-state index in [1.54, 1.807) is 7.11 Å². The Hall–Kier alpha value is -1.05. The largest absolute Gasteiger partial charge is 0.497 e. The number of rotatable bonds is 3. The molecule has 0 amide bonds. The van der Waals surface area contributed by atoms with Gasteiger partial charge >= 0.3 is 0 Å². The van der Waals surface area contributed by atoms with Crippen LogP contribution in [-0.4, -0.2) is 13.8 Å². The van der Waals surface area contributed by atoms with Crippen molar-refractivity contribution in [3.8, 4) is 5.75 Å². The lowest BCUT2D eigenvalue weighted by Crippen LogP contribution is -2.36. The van der Waals surface area contributed by atoms with Crippen molar-refractivity contribution in [2.45, 2.75) is 24.7 Å². The highest BCUT2D eigenvalue weighted by molar-refractivity contribution is 5.34. The summed E-state index contributed by atoms with van der Waals surface area (Å²) >= 11 is 0. The predicted octanol–water partition coefficient (Wildman–Crippen LogP) is 3.09. The van der Waals surface area contributed by atoms with Crippen LogP contribution in [0.5, 0.6) is 5.75 Å². The lowest BCUT2D eigenvalue weighted by molar-refractivity contribution is 0.184. The maximum absolute atomic E-state index is 12.9. The topological polar surface area (TPSA) is 9.23 Å². The van der Waals surface area contributed by atoms with Gasteiger partial charge in [0.15, 0.2) is 0 Å². The summed E-state index contributed by atoms with van der Waals surface area (Å²) in [5.41, 5.74) is 0.943. The van der Waals surface area contributed by atoms with E-state index in [4.69, 9.17) is 4.74 Å². The zero-order valence-corrected chi connectivity index (χ0v) is 8.42. The number of hydrogen-bond acceptors (Lipinski definition) is 1. The summed E-state index contributed by atoms with van der Waals surface area (Å²) in [7, 11) is 1.64. The van der Waals surface area contributed by atoms with Gasteiger partial charge in [-0.05, 0) is 30.5 Å². The second kappa shape index (κ2) is 3.60. The molecule has 14 heavy (non-hydrogen) atoms. The van der Waals surface area contributed by atoms with Gasteiger partial charge in [-0.2, -0.15) is 0 Å². The highest BCUT2D eigenvalue weighted by Gasteiger charge is 2.38. The van der Waals surface area contributed by atoms with Gasteiger partial charge in [-0.3, -0.25) is 4.39 Å². The van der Waals surface area contributed by atoms with Gasteiger partial charge in [0.1, 0.15) is 5.75 Å². The molecule has 2 rings (SSSR count). The fourth-order valence-corrected chi connectivity index (χ4v) is 2.05. The highest BCUT2D eigenvalue weighted by atomic mass is 19.1. The van der Waals surface area contributed by atoms with E-state index >= 15 is 0 Å². The maximum Gasteiger partial charge on any atom is 0.118 e. The Morgan fingerprint density at radius 2 is 1.93 bits per heavy atom. The molecule has 0 heterocycles. The second-order valence-electron chi connectivity index (χ2n) is 4.00. The average Bonchev–Trinajstić information content (AvgIpc) is 2.18. The van der Waals surface area contributed by atoms with Crippen LogP contribution in [0.3, 0.4) is 0 Å². The van der Waals surface area contributed by atoms with Gasteiger partial charge in [0.05, 0.1) is 13.8 Å². The van der Waals surface area contributed by atoms with Crippen molar-refractivity contribution in [2.24, 2.45) is 0 Å². The van der Waals surface area contributed by atoms with Crippen molar-refractivity contribution < 1.29 is 9.13 Å². The molecule has 0 bridgehead atoms. The van der Waals surface area contributed by atoms with Gasteiger partial charge in [0.2, 0.25) is 0 Å². The third-order valence-electron chi connectivity index (χ3n) is 3.27. The summed E-state index contributed by atoms with van der Waals surface area (Å²) in [6, 6.07) is 7.78. The monoisotopic (exact) mass is 194 g/mol. The first kappa shape index (κ1) is 9.50. The molecule has 1 saturated carbocycles. The Bertz CT molecular complexity index is 295. The fraction of sp³-hybridized carbons (Fsp3) is 0.500. The van der Waals surface area contributed by atoms with Crippen molar-refractivity contribution in [3.63, 3.8) is 0 Å². The van der Waals surface area contributed by atoms with Crippen LogP contribution < -0.4 is 4.74 Å². The number of alkyl halides is 1. The number of hydrogen-bond donors (Lipinski definition) is 0. The molecule has 0 radical (unpaired) electrons. The molecule has 0 aromatic heterocycles. The van der Waals surface area contributed by atoms with E-state index in [0.717, 1.165) is 30.6 Å². The van der Waals surface area contributed by atoms with Gasteiger partial charge in [-0.15, -0.1) is 0 Å². The normalized spacial score (nSPS) is 18.7. The first-order chi connectivity index (χ1) is 6.80. The number of halogens is 1. The average molecular weight is 194 g/mol. The van der Waals surface area contributed by atoms with E-state index in [-0.39, 0.29) is 12.1 Å². The lowest BCUT2D eigenvalue weighted by atomic mass is 9.65. The standard InChI is InChI=1S/C12H15FO/c1-14-11-5-3-10(4-6-11)12(9-13)7-2-8-12/h3-6H,2,7-9H2,1H3. The molecular formula is C12H15FO. The van der Waals surface area contributed by atoms with Crippen LogP contribution in [0, 0.1) is 0 Å². The Kier molecular flexibility index (Phi) is 2.44. The first-order valence-electron chi connectivity index (χ1n) is 5.01. The molecule has 0 spiro atoms. The SMILES string of the molecule is COc1ccc(C2(CF)CCC2)cc1. The van der Waals surface area contributed by atoms with Gasteiger partial charge in [-0.1, -0.05) is 18.6 Å². The summed E-state index contributed by atoms with van der Waals surface area (Å²) in [5.74, 6) is 0.835. The molecule has 76 valence electrons. The summed E-state index contributed by atoms with van der Waals surface area (Å²) in [4.78, 5) is 0. The van der Waals surface area contributed by atoms with Crippen molar-refractivity contribution >= 4 is 0 Å². The maximum atomic E-state index is 12.9. The zero-order valence-electron chi connectivity index (χ0n) is 8.42. The van der Waals surface area contributed by atoms with E-state index < -0.39 is 0 Å². The summed E-state index contributed by atoms with van der Waals surface area (Å²) < 4.78 is 18.0. The quantitative estimate of drug-likeness (QED) is 0.718. The Morgan fingerprint density at radius 3 is 2.29 bits per heavy atom. The second-order valence-corrected chi connectivity index (χ2v) is 4.00. The van der Waals surface area contributed by atoms with E-state index in [0.29, 0.717) is 0 Å². The fourth-order valence-electron chi connectivity index (χ4n) is 2.05. The molecule has 2 heteroatoms. The third-order valence-corrected chi connectivity index (χ3v) is 3.27. The minimum atomic E-state index is -0.237. The molecular weight excluding hydrogens is 179 g/mol. The molecule has 0 unspecified atom stereocenters. The van der Waals surface area contributed by atoms with Gasteiger partial charge in [-0.25, -0.2) is 0 Å². The number of ether oxygens (including phenoxy) is 1. The van der Waals surface area contributed by atoms with Crippen molar-refractivity contribution in [2.75, 3.05) is 13.8 Å². The molecule has 0 atom stereocenters. The molecule has 0 aliphatic heterocycles. The third kappa shape index (κ3) is 1.39. The van der Waals surface area contributed by atoms with Gasteiger partial charge in [0.25, 0.3) is 0 Å². The Labute approximate surface area is 83.9 Å². The smallest absolute Gasteiger partial charge is 0.118 e. The minimum Gasteiger partial charge on any atom is -0.497 e. The van der Waals surface area contributed by atoms with E-state index in [1.807, 2.05) is 24.3 Å². The van der Waals surface area contributed by atoms with Crippen LogP contribution in [0.4, 0.5) is 4.39 Å². The highest BCUT2D eigenvalue weighted by Crippen LogP contribution is 2.44. The molecule has 1 nitrogen and oxygen atoms in total. The summed E-state index contributed by atoms with van der Waals surface area (Å²) in [6.07, 6.45) is 3.11. The summed E-state index contributed by atoms with van der Waals surface area (Å²) in [5, 5.41) is 0. The summed E-state index contributed by atoms with van der Waals surface area (Å²) in [6.45, 7) is -0.237. The van der Waals surface area contributed by atoms with Crippen molar-refractivity contribution in [3.05, 3.63) is 29.8 Å². The predicted molar refractivity (Wildman–Crippen MR) is 54.5 cm³/mol. The number of methoxy groups -OCH3 is 1. The van der Waals surface area contributed by atoms with Gasteiger partial charge < -0.3 is 4.74 Å². The van der Waals surface area contributed by atoms with Crippen LogP contribution in [0.1, 0.15) is 24.8 Å². The van der Waals surface area contributed by atoms with Crippen LogP contribution >= 0.6 is 0 Å². The lowest BCUT2D eigenvalue weighted by Gasteiger charge is -2.40. The van der Waals surface area contributed by atoms with Crippen LogP contribution in [0.15, 0.2) is 24.3 Å². The molecule has 1 aromatic carbocycles. The van der Waals surface area contributed by atoms with E-state index in [1.165, 1.54) is 0 Å². The van der Waals surface area contributed by atoms with Crippen molar-refractivity contribution in [1.82, 2.24) is 0 Å². The molecule has 0 saturated heterocycles. The van der Waals surface area contributed by atoms with Crippen LogP contribution in [0.25, 0.3) is 0 Å². The zero-order chi connectivity index (χ0) is 10.0. The molecule has 0 N–H and O–H groups in total. The molecule has 1 aliphatic carbocycles. The van der Waals surface area contributed by atoms with Crippen molar-refractivity contribution in [1.29, 1.82) is 0 Å². The Morgan fingerprint density at radius 1 is 1.29 bits per heavy atom. The molecule has 1 aliphatic rings. The molecule has 1 aromatic rings. The van der Waals surface area contributed by atoms with E-state index in [2.05, 4.69) is 0 Å². The first-order valence-corrected chi connectivity index (χ1v) is 5.01. The van der Waals surface area contributed by atoms with Gasteiger partial charge in [0, 0.05) is 5.41 Å². The Balaban J connectivity index is 2.23. The van der Waals surface area contributed by atoms with Crippen LogP contribution in [0.2, 0.25) is 0 Å². The number of benzene rings is 1. The van der Waals surface area contributed by atoms with Crippen LogP contribution in [-0.2, 0) is 5.41 Å². The minimum absolute atomic E-state index is 0.174.